The van der Waals surface area contributed by atoms with Crippen LogP contribution in [-0.2, 0) is 4.74 Å². The molecule has 0 bridgehead atoms. The Kier molecular flexibility index (Phi) is 2.72. The summed E-state index contributed by atoms with van der Waals surface area (Å²) in [6.07, 6.45) is 4.58. The maximum Gasteiger partial charge on any atom is 0.0576 e. The summed E-state index contributed by atoms with van der Waals surface area (Å²) in [5.41, 5.74) is 0. The molecule has 1 heteroatoms. The highest BCUT2D eigenvalue weighted by atomic mass is 16.5. The molecule has 0 amide bonds. The molecule has 1 rings (SSSR count). The van der Waals surface area contributed by atoms with E-state index >= 15 is 0 Å². The van der Waals surface area contributed by atoms with Crippen LogP contribution >= 0.6 is 0 Å². The largest absolute Gasteiger partial charge is 0.381 e. The molecule has 0 radical (unpaired) electrons. The molecule has 0 spiro atoms. The predicted molar refractivity (Wildman–Crippen MR) is 43.0 cm³/mol. The first-order chi connectivity index (χ1) is 4.72. The van der Waals surface area contributed by atoms with Gasteiger partial charge in [0.1, 0.15) is 0 Å². The van der Waals surface area contributed by atoms with Crippen molar-refractivity contribution in [2.24, 2.45) is 11.8 Å². The topological polar surface area (TPSA) is 9.23 Å². The third kappa shape index (κ3) is 1.98. The minimum absolute atomic E-state index is 0.587. The molecule has 60 valence electrons. The van der Waals surface area contributed by atoms with Gasteiger partial charge in [0.05, 0.1) is 6.10 Å². The lowest BCUT2D eigenvalue weighted by atomic mass is 9.77. The third-order valence-electron chi connectivity index (χ3n) is 2.33. The highest BCUT2D eigenvalue weighted by Gasteiger charge is 2.28. The van der Waals surface area contributed by atoms with Crippen LogP contribution in [0.4, 0.5) is 0 Å². The number of rotatable bonds is 3. The Morgan fingerprint density at radius 3 is 2.40 bits per heavy atom. The smallest absolute Gasteiger partial charge is 0.0576 e. The van der Waals surface area contributed by atoms with E-state index in [9.17, 15) is 0 Å². The molecule has 0 saturated heterocycles. The van der Waals surface area contributed by atoms with E-state index in [1.54, 1.807) is 0 Å². The molecule has 0 heterocycles. The molecule has 1 aliphatic carbocycles. The van der Waals surface area contributed by atoms with Gasteiger partial charge in [-0.2, -0.15) is 0 Å². The van der Waals surface area contributed by atoms with Crippen molar-refractivity contribution in [3.8, 4) is 0 Å². The normalized spacial score (nSPS) is 32.4. The molecule has 1 nitrogen and oxygen atoms in total. The van der Waals surface area contributed by atoms with E-state index in [0.29, 0.717) is 6.10 Å². The minimum atomic E-state index is 0.587. The summed E-state index contributed by atoms with van der Waals surface area (Å²) in [5.74, 6) is 1.83. The van der Waals surface area contributed by atoms with E-state index in [0.717, 1.165) is 11.8 Å². The van der Waals surface area contributed by atoms with Crippen LogP contribution in [0, 0.1) is 11.8 Å². The van der Waals surface area contributed by atoms with Gasteiger partial charge in [0.15, 0.2) is 0 Å². The van der Waals surface area contributed by atoms with Crippen molar-refractivity contribution in [3.05, 3.63) is 0 Å². The average Bonchev–Trinajstić information content (AvgIpc) is 1.76. The summed E-state index contributed by atoms with van der Waals surface area (Å²) in [6.45, 7) is 4.58. The monoisotopic (exact) mass is 142 g/mol. The zero-order valence-corrected chi connectivity index (χ0v) is 7.26. The first kappa shape index (κ1) is 8.06. The summed E-state index contributed by atoms with van der Waals surface area (Å²) >= 11 is 0. The lowest BCUT2D eigenvalue weighted by Gasteiger charge is -2.35. The van der Waals surface area contributed by atoms with E-state index in [1.165, 1.54) is 19.3 Å². The molecule has 1 aliphatic rings. The van der Waals surface area contributed by atoms with Crippen LogP contribution in [0.25, 0.3) is 0 Å². The fourth-order valence-corrected chi connectivity index (χ4v) is 1.73. The Balaban J connectivity index is 2.03. The van der Waals surface area contributed by atoms with Crippen LogP contribution in [-0.4, -0.2) is 13.2 Å². The third-order valence-corrected chi connectivity index (χ3v) is 2.33. The average molecular weight is 142 g/mol. The molecule has 0 aromatic rings. The zero-order valence-electron chi connectivity index (χ0n) is 7.26. The van der Waals surface area contributed by atoms with Gasteiger partial charge in [0.2, 0.25) is 0 Å². The number of methoxy groups -OCH3 is 1. The van der Waals surface area contributed by atoms with Gasteiger partial charge >= 0.3 is 0 Å². The molecule has 1 fully saturated rings. The highest BCUT2D eigenvalue weighted by molar-refractivity contribution is 4.80. The quantitative estimate of drug-likeness (QED) is 0.588. The van der Waals surface area contributed by atoms with Gasteiger partial charge in [0.25, 0.3) is 0 Å². The lowest BCUT2D eigenvalue weighted by molar-refractivity contribution is -0.00533. The second-order valence-corrected chi connectivity index (χ2v) is 3.82. The molecule has 0 aliphatic heterocycles. The Hall–Kier alpha value is -0.0400. The second-order valence-electron chi connectivity index (χ2n) is 3.82. The van der Waals surface area contributed by atoms with Crippen molar-refractivity contribution in [3.63, 3.8) is 0 Å². The minimum Gasteiger partial charge on any atom is -0.381 e. The summed E-state index contributed by atoms with van der Waals surface area (Å²) in [4.78, 5) is 0. The van der Waals surface area contributed by atoms with Crippen molar-refractivity contribution in [2.75, 3.05) is 7.11 Å². The molecular formula is C9H18O. The van der Waals surface area contributed by atoms with Crippen molar-refractivity contribution in [2.45, 2.75) is 39.2 Å². The van der Waals surface area contributed by atoms with E-state index in [1.807, 2.05) is 7.11 Å². The van der Waals surface area contributed by atoms with Gasteiger partial charge < -0.3 is 4.74 Å². The molecule has 0 aromatic carbocycles. The zero-order chi connectivity index (χ0) is 7.56. The number of ether oxygens (including phenoxy) is 1. The Morgan fingerprint density at radius 2 is 2.00 bits per heavy atom. The highest BCUT2D eigenvalue weighted by Crippen LogP contribution is 2.34. The van der Waals surface area contributed by atoms with Crippen molar-refractivity contribution >= 4 is 0 Å². The Bertz CT molecular complexity index is 92.9. The van der Waals surface area contributed by atoms with E-state index in [-0.39, 0.29) is 0 Å². The van der Waals surface area contributed by atoms with E-state index in [2.05, 4.69) is 13.8 Å². The fraction of sp³-hybridized carbons (Fsp3) is 1.00. The number of hydrogen-bond donors (Lipinski definition) is 0. The maximum absolute atomic E-state index is 5.20. The van der Waals surface area contributed by atoms with E-state index < -0.39 is 0 Å². The molecular weight excluding hydrogens is 124 g/mol. The Labute approximate surface area is 63.8 Å². The molecule has 1 saturated carbocycles. The SMILES string of the molecule is CO[C@H]1C[C@@H](CC(C)C)C1. The summed E-state index contributed by atoms with van der Waals surface area (Å²) < 4.78 is 5.20. The summed E-state index contributed by atoms with van der Waals surface area (Å²) in [5, 5.41) is 0. The van der Waals surface area contributed by atoms with Crippen LogP contribution in [0.2, 0.25) is 0 Å². The first-order valence-electron chi connectivity index (χ1n) is 4.25. The van der Waals surface area contributed by atoms with Crippen LogP contribution in [0.5, 0.6) is 0 Å². The van der Waals surface area contributed by atoms with Gasteiger partial charge in [-0.1, -0.05) is 13.8 Å². The maximum atomic E-state index is 5.20. The van der Waals surface area contributed by atoms with Gasteiger partial charge in [-0.25, -0.2) is 0 Å². The predicted octanol–water partition coefficient (Wildman–Crippen LogP) is 2.46. The van der Waals surface area contributed by atoms with Crippen LogP contribution in [0.1, 0.15) is 33.1 Å². The van der Waals surface area contributed by atoms with Crippen molar-refractivity contribution in [1.29, 1.82) is 0 Å². The molecule has 10 heavy (non-hydrogen) atoms. The van der Waals surface area contributed by atoms with Gasteiger partial charge in [0, 0.05) is 7.11 Å². The molecule has 0 atom stereocenters. The lowest BCUT2D eigenvalue weighted by Crippen LogP contribution is -2.31. The van der Waals surface area contributed by atoms with Gasteiger partial charge in [-0.05, 0) is 31.1 Å². The van der Waals surface area contributed by atoms with Crippen molar-refractivity contribution < 1.29 is 4.74 Å². The standard InChI is InChI=1S/C9H18O/c1-7(2)4-8-5-9(6-8)10-3/h7-9H,4-6H2,1-3H3/t8-,9+. The molecule has 0 aromatic heterocycles. The van der Waals surface area contributed by atoms with Crippen molar-refractivity contribution in [1.82, 2.24) is 0 Å². The Morgan fingerprint density at radius 1 is 1.40 bits per heavy atom. The van der Waals surface area contributed by atoms with Crippen LogP contribution < -0.4 is 0 Å². The van der Waals surface area contributed by atoms with Crippen LogP contribution in [0.3, 0.4) is 0 Å². The fourth-order valence-electron chi connectivity index (χ4n) is 1.73. The van der Waals surface area contributed by atoms with Gasteiger partial charge in [-0.15, -0.1) is 0 Å². The molecule has 0 N–H and O–H groups in total. The summed E-state index contributed by atoms with van der Waals surface area (Å²) in [6, 6.07) is 0. The van der Waals surface area contributed by atoms with E-state index in [4.69, 9.17) is 4.74 Å². The number of hydrogen-bond acceptors (Lipinski definition) is 1. The first-order valence-corrected chi connectivity index (χ1v) is 4.25. The van der Waals surface area contributed by atoms with Crippen LogP contribution in [0.15, 0.2) is 0 Å². The van der Waals surface area contributed by atoms with Gasteiger partial charge in [-0.3, -0.25) is 0 Å². The molecule has 0 unspecified atom stereocenters. The second kappa shape index (κ2) is 3.38. The summed E-state index contributed by atoms with van der Waals surface area (Å²) in [7, 11) is 1.82.